The van der Waals surface area contributed by atoms with Crippen LogP contribution < -0.4 is 5.73 Å². The molecule has 78 valence electrons. The highest BCUT2D eigenvalue weighted by Gasteiger charge is 2.10. The normalized spacial score (nSPS) is 10.6. The second-order valence-electron chi connectivity index (χ2n) is 3.22. The molecule has 5 heteroatoms. The van der Waals surface area contributed by atoms with Crippen molar-refractivity contribution in [1.82, 2.24) is 15.0 Å². The molecule has 0 amide bonds. The fraction of sp³-hybridized carbons (Fsp3) is 0.200. The van der Waals surface area contributed by atoms with Crippen LogP contribution >= 0.6 is 15.9 Å². The van der Waals surface area contributed by atoms with E-state index in [4.69, 9.17) is 5.73 Å². The van der Waals surface area contributed by atoms with Crippen LogP contribution in [0.15, 0.2) is 28.7 Å². The third-order valence-corrected chi connectivity index (χ3v) is 2.73. The molecule has 0 atom stereocenters. The van der Waals surface area contributed by atoms with E-state index in [1.54, 1.807) is 4.68 Å². The van der Waals surface area contributed by atoms with Gasteiger partial charge >= 0.3 is 0 Å². The van der Waals surface area contributed by atoms with Gasteiger partial charge in [-0.25, -0.2) is 0 Å². The topological polar surface area (TPSA) is 56.7 Å². The predicted molar refractivity (Wildman–Crippen MR) is 62.0 cm³/mol. The van der Waals surface area contributed by atoms with Crippen molar-refractivity contribution in [1.29, 1.82) is 0 Å². The standard InChI is InChI=1S/C10H11BrN4/c1-15-9(6-12)10(13-14-15)7-3-2-4-8(11)5-7/h2-5H,6,12H2,1H3. The van der Waals surface area contributed by atoms with Gasteiger partial charge < -0.3 is 5.73 Å². The Balaban J connectivity index is 2.54. The molecule has 0 aliphatic carbocycles. The zero-order valence-electron chi connectivity index (χ0n) is 8.31. The highest BCUT2D eigenvalue weighted by atomic mass is 79.9. The van der Waals surface area contributed by atoms with Gasteiger partial charge in [-0.05, 0) is 12.1 Å². The van der Waals surface area contributed by atoms with Crippen LogP contribution in [0.3, 0.4) is 0 Å². The summed E-state index contributed by atoms with van der Waals surface area (Å²) in [5, 5.41) is 8.07. The van der Waals surface area contributed by atoms with E-state index in [2.05, 4.69) is 26.2 Å². The quantitative estimate of drug-likeness (QED) is 0.901. The van der Waals surface area contributed by atoms with Gasteiger partial charge in [0.15, 0.2) is 0 Å². The van der Waals surface area contributed by atoms with Crippen molar-refractivity contribution in [3.8, 4) is 11.3 Å². The lowest BCUT2D eigenvalue weighted by Gasteiger charge is -2.01. The first-order valence-electron chi connectivity index (χ1n) is 4.57. The minimum Gasteiger partial charge on any atom is -0.325 e. The van der Waals surface area contributed by atoms with Crippen LogP contribution in [0.4, 0.5) is 0 Å². The fourth-order valence-electron chi connectivity index (χ4n) is 1.47. The Bertz CT molecular complexity index is 478. The van der Waals surface area contributed by atoms with Gasteiger partial charge in [-0.15, -0.1) is 5.10 Å². The number of halogens is 1. The van der Waals surface area contributed by atoms with Gasteiger partial charge in [0.1, 0.15) is 5.69 Å². The van der Waals surface area contributed by atoms with Crippen LogP contribution in [0.2, 0.25) is 0 Å². The monoisotopic (exact) mass is 266 g/mol. The van der Waals surface area contributed by atoms with Gasteiger partial charge in [-0.2, -0.15) is 0 Å². The number of aromatic nitrogens is 3. The molecule has 0 saturated heterocycles. The summed E-state index contributed by atoms with van der Waals surface area (Å²) in [5.41, 5.74) is 8.47. The Labute approximate surface area is 96.2 Å². The first-order chi connectivity index (χ1) is 7.22. The number of benzene rings is 1. The van der Waals surface area contributed by atoms with Crippen molar-refractivity contribution in [2.24, 2.45) is 12.8 Å². The van der Waals surface area contributed by atoms with Crippen LogP contribution in [0.25, 0.3) is 11.3 Å². The van der Waals surface area contributed by atoms with Crippen molar-refractivity contribution in [2.45, 2.75) is 6.54 Å². The van der Waals surface area contributed by atoms with Crippen LogP contribution in [-0.2, 0) is 13.6 Å². The average Bonchev–Trinajstić information content (AvgIpc) is 2.59. The molecule has 0 fully saturated rings. The molecule has 0 saturated carbocycles. The number of nitrogens with two attached hydrogens (primary N) is 1. The van der Waals surface area contributed by atoms with Gasteiger partial charge in [0.25, 0.3) is 0 Å². The summed E-state index contributed by atoms with van der Waals surface area (Å²) in [6, 6.07) is 7.94. The van der Waals surface area contributed by atoms with Gasteiger partial charge in [0, 0.05) is 23.6 Å². The summed E-state index contributed by atoms with van der Waals surface area (Å²) < 4.78 is 2.73. The molecule has 0 aliphatic heterocycles. The second kappa shape index (κ2) is 4.12. The first kappa shape index (κ1) is 10.3. The molecule has 2 aromatic rings. The lowest BCUT2D eigenvalue weighted by atomic mass is 10.1. The summed E-state index contributed by atoms with van der Waals surface area (Å²) >= 11 is 3.43. The molecule has 1 aromatic carbocycles. The molecular weight excluding hydrogens is 256 g/mol. The zero-order valence-corrected chi connectivity index (χ0v) is 9.90. The van der Waals surface area contributed by atoms with Crippen LogP contribution in [0.1, 0.15) is 5.69 Å². The fourth-order valence-corrected chi connectivity index (χ4v) is 1.86. The molecule has 15 heavy (non-hydrogen) atoms. The second-order valence-corrected chi connectivity index (χ2v) is 4.14. The molecule has 1 heterocycles. The number of nitrogens with zero attached hydrogens (tertiary/aromatic N) is 3. The van der Waals surface area contributed by atoms with Gasteiger partial charge in [-0.1, -0.05) is 33.3 Å². The van der Waals surface area contributed by atoms with E-state index in [-0.39, 0.29) is 0 Å². The number of hydrogen-bond acceptors (Lipinski definition) is 3. The highest BCUT2D eigenvalue weighted by molar-refractivity contribution is 9.10. The van der Waals surface area contributed by atoms with Crippen molar-refractivity contribution in [3.63, 3.8) is 0 Å². The summed E-state index contributed by atoms with van der Waals surface area (Å²) in [5.74, 6) is 0. The van der Waals surface area contributed by atoms with E-state index < -0.39 is 0 Å². The first-order valence-corrected chi connectivity index (χ1v) is 5.36. The Morgan fingerprint density at radius 1 is 1.47 bits per heavy atom. The number of aryl methyl sites for hydroxylation is 1. The Hall–Kier alpha value is -1.20. The number of hydrogen-bond donors (Lipinski definition) is 1. The minimum absolute atomic E-state index is 0.436. The van der Waals surface area contributed by atoms with Gasteiger partial charge in [0.05, 0.1) is 5.69 Å². The van der Waals surface area contributed by atoms with Gasteiger partial charge in [-0.3, -0.25) is 4.68 Å². The lowest BCUT2D eigenvalue weighted by Crippen LogP contribution is -2.05. The molecule has 1 aromatic heterocycles. The maximum absolute atomic E-state index is 5.66. The smallest absolute Gasteiger partial charge is 0.117 e. The van der Waals surface area contributed by atoms with E-state index in [1.165, 1.54) is 0 Å². The zero-order chi connectivity index (χ0) is 10.8. The van der Waals surface area contributed by atoms with Crippen molar-refractivity contribution in [2.75, 3.05) is 0 Å². The average molecular weight is 267 g/mol. The van der Waals surface area contributed by atoms with Crippen molar-refractivity contribution in [3.05, 3.63) is 34.4 Å². The SMILES string of the molecule is Cn1nnc(-c2cccc(Br)c2)c1CN. The number of rotatable bonds is 2. The lowest BCUT2D eigenvalue weighted by molar-refractivity contribution is 0.678. The van der Waals surface area contributed by atoms with E-state index in [0.717, 1.165) is 21.4 Å². The molecular formula is C10H11BrN4. The Morgan fingerprint density at radius 2 is 2.27 bits per heavy atom. The summed E-state index contributed by atoms with van der Waals surface area (Å²) in [6.07, 6.45) is 0. The van der Waals surface area contributed by atoms with Crippen LogP contribution in [0, 0.1) is 0 Å². The van der Waals surface area contributed by atoms with Crippen LogP contribution in [-0.4, -0.2) is 15.0 Å². The van der Waals surface area contributed by atoms with Crippen LogP contribution in [0.5, 0.6) is 0 Å². The molecule has 0 unspecified atom stereocenters. The van der Waals surface area contributed by atoms with E-state index in [0.29, 0.717) is 6.54 Å². The molecule has 0 aliphatic rings. The molecule has 2 N–H and O–H groups in total. The molecule has 4 nitrogen and oxygen atoms in total. The van der Waals surface area contributed by atoms with E-state index in [1.807, 2.05) is 31.3 Å². The van der Waals surface area contributed by atoms with Crippen molar-refractivity contribution >= 4 is 15.9 Å². The molecule has 0 bridgehead atoms. The summed E-state index contributed by atoms with van der Waals surface area (Å²) in [6.45, 7) is 0.436. The third kappa shape index (κ3) is 1.93. The maximum atomic E-state index is 5.66. The van der Waals surface area contributed by atoms with E-state index >= 15 is 0 Å². The molecule has 0 radical (unpaired) electrons. The largest absolute Gasteiger partial charge is 0.325 e. The summed E-state index contributed by atoms with van der Waals surface area (Å²) in [7, 11) is 1.84. The summed E-state index contributed by atoms with van der Waals surface area (Å²) in [4.78, 5) is 0. The Morgan fingerprint density at radius 3 is 2.93 bits per heavy atom. The van der Waals surface area contributed by atoms with Gasteiger partial charge in [0.2, 0.25) is 0 Å². The predicted octanol–water partition coefficient (Wildman–Crippen LogP) is 1.70. The maximum Gasteiger partial charge on any atom is 0.117 e. The minimum atomic E-state index is 0.436. The molecule has 0 spiro atoms. The van der Waals surface area contributed by atoms with Crippen molar-refractivity contribution < 1.29 is 0 Å². The molecule has 2 rings (SSSR count). The highest BCUT2D eigenvalue weighted by Crippen LogP contribution is 2.23. The Kier molecular flexibility index (Phi) is 2.83. The van der Waals surface area contributed by atoms with E-state index in [9.17, 15) is 0 Å². The third-order valence-electron chi connectivity index (χ3n) is 2.23.